The largest absolute Gasteiger partial charge is 0.475 e. The third kappa shape index (κ3) is 2.83. The van der Waals surface area contributed by atoms with Crippen molar-refractivity contribution in [3.8, 4) is 0 Å². The zero-order valence-corrected chi connectivity index (χ0v) is 10.6. The summed E-state index contributed by atoms with van der Waals surface area (Å²) in [6.45, 7) is 1.34. The van der Waals surface area contributed by atoms with E-state index in [0.29, 0.717) is 6.54 Å². The van der Waals surface area contributed by atoms with Crippen LogP contribution in [0.1, 0.15) is 12.0 Å². The highest BCUT2D eigenvalue weighted by Gasteiger charge is 2.20. The maximum atomic E-state index is 5.71. The first kappa shape index (κ1) is 11.6. The minimum absolute atomic E-state index is 0.167. The Morgan fingerprint density at radius 2 is 2.25 bits per heavy atom. The number of benzene rings is 1. The van der Waals surface area contributed by atoms with E-state index in [1.54, 1.807) is 0 Å². The summed E-state index contributed by atoms with van der Waals surface area (Å²) in [7, 11) is 0. The van der Waals surface area contributed by atoms with E-state index < -0.39 is 0 Å². The molecule has 0 radical (unpaired) electrons. The lowest BCUT2D eigenvalue weighted by Gasteiger charge is -2.12. The minimum Gasteiger partial charge on any atom is -0.475 e. The van der Waals surface area contributed by atoms with Crippen LogP contribution < -0.4 is 5.73 Å². The van der Waals surface area contributed by atoms with E-state index in [-0.39, 0.29) is 6.10 Å². The Bertz CT molecular complexity index is 392. The first-order valence-electron chi connectivity index (χ1n) is 5.43. The summed E-state index contributed by atoms with van der Waals surface area (Å²) in [6.07, 6.45) is 1.80. The van der Waals surface area contributed by atoms with Gasteiger partial charge < -0.3 is 10.5 Å². The Morgan fingerprint density at radius 3 is 3.00 bits per heavy atom. The van der Waals surface area contributed by atoms with Crippen LogP contribution >= 0.6 is 15.9 Å². The highest BCUT2D eigenvalue weighted by molar-refractivity contribution is 9.10. The zero-order chi connectivity index (χ0) is 11.4. The number of hydrogen-bond acceptors (Lipinski definition) is 3. The van der Waals surface area contributed by atoms with E-state index in [2.05, 4.69) is 27.0 Å². The van der Waals surface area contributed by atoms with E-state index in [0.717, 1.165) is 29.8 Å². The van der Waals surface area contributed by atoms with Gasteiger partial charge in [-0.1, -0.05) is 34.1 Å². The zero-order valence-electron chi connectivity index (χ0n) is 9.03. The van der Waals surface area contributed by atoms with Crippen LogP contribution in [0.2, 0.25) is 0 Å². The normalized spacial score (nSPS) is 19.4. The molecule has 2 N–H and O–H groups in total. The molecule has 1 atom stereocenters. The monoisotopic (exact) mass is 282 g/mol. The van der Waals surface area contributed by atoms with Crippen molar-refractivity contribution in [3.63, 3.8) is 0 Å². The number of ether oxygens (including phenoxy) is 1. The summed E-state index contributed by atoms with van der Waals surface area (Å²) in [5, 5.41) is 0. The molecule has 1 aromatic rings. The first-order valence-corrected chi connectivity index (χ1v) is 6.22. The first-order chi connectivity index (χ1) is 7.79. The Labute approximate surface area is 104 Å². The van der Waals surface area contributed by atoms with Crippen LogP contribution in [-0.2, 0) is 11.2 Å². The van der Waals surface area contributed by atoms with Gasteiger partial charge in [0.2, 0.25) is 0 Å². The van der Waals surface area contributed by atoms with Crippen molar-refractivity contribution < 1.29 is 4.74 Å². The number of aliphatic imine (C=N–C) groups is 1. The summed E-state index contributed by atoms with van der Waals surface area (Å²) < 4.78 is 6.84. The van der Waals surface area contributed by atoms with Gasteiger partial charge >= 0.3 is 0 Å². The van der Waals surface area contributed by atoms with Crippen LogP contribution in [0.5, 0.6) is 0 Å². The number of nitrogens with two attached hydrogens (primary N) is 1. The van der Waals surface area contributed by atoms with E-state index >= 15 is 0 Å². The van der Waals surface area contributed by atoms with Gasteiger partial charge in [-0.05, 0) is 11.6 Å². The number of hydrogen-bond donors (Lipinski definition) is 1. The topological polar surface area (TPSA) is 47.6 Å². The standard InChI is InChI=1S/C12H15BrN2O/c13-11-4-2-1-3-9(11)7-10-8-15-12(16-10)5-6-14/h1-4,10H,5-8,14H2. The van der Waals surface area contributed by atoms with Crippen LogP contribution in [0, 0.1) is 0 Å². The molecular formula is C12H15BrN2O. The molecule has 4 heteroatoms. The maximum Gasteiger partial charge on any atom is 0.185 e. The van der Waals surface area contributed by atoms with Crippen molar-refractivity contribution in [2.45, 2.75) is 18.9 Å². The van der Waals surface area contributed by atoms with Crippen LogP contribution in [-0.4, -0.2) is 25.1 Å². The molecule has 0 bridgehead atoms. The van der Waals surface area contributed by atoms with Crippen LogP contribution in [0.25, 0.3) is 0 Å². The Kier molecular flexibility index (Phi) is 3.96. The summed E-state index contributed by atoms with van der Waals surface area (Å²) >= 11 is 3.54. The van der Waals surface area contributed by atoms with Crippen molar-refractivity contribution in [2.24, 2.45) is 10.7 Å². The minimum atomic E-state index is 0.167. The molecule has 3 nitrogen and oxygen atoms in total. The fourth-order valence-electron chi connectivity index (χ4n) is 1.75. The van der Waals surface area contributed by atoms with Gasteiger partial charge in [0, 0.05) is 23.9 Å². The molecule has 86 valence electrons. The van der Waals surface area contributed by atoms with Crippen molar-refractivity contribution >= 4 is 21.8 Å². The summed E-state index contributed by atoms with van der Waals surface area (Å²) in [5.74, 6) is 0.805. The van der Waals surface area contributed by atoms with Crippen molar-refractivity contribution in [3.05, 3.63) is 34.3 Å². The van der Waals surface area contributed by atoms with Crippen molar-refractivity contribution in [1.82, 2.24) is 0 Å². The van der Waals surface area contributed by atoms with Crippen LogP contribution in [0.4, 0.5) is 0 Å². The fourth-order valence-corrected chi connectivity index (χ4v) is 2.19. The molecule has 0 spiro atoms. The smallest absolute Gasteiger partial charge is 0.185 e. The summed E-state index contributed by atoms with van der Waals surface area (Å²) in [4.78, 5) is 4.33. The summed E-state index contributed by atoms with van der Waals surface area (Å²) in [6, 6.07) is 8.20. The molecule has 0 aromatic heterocycles. The quantitative estimate of drug-likeness (QED) is 0.920. The molecule has 1 aromatic carbocycles. The van der Waals surface area contributed by atoms with E-state index in [1.165, 1.54) is 5.56 Å². The molecular weight excluding hydrogens is 268 g/mol. The highest BCUT2D eigenvalue weighted by Crippen LogP contribution is 2.20. The van der Waals surface area contributed by atoms with Gasteiger partial charge in [-0.3, -0.25) is 4.99 Å². The van der Waals surface area contributed by atoms with E-state index in [9.17, 15) is 0 Å². The molecule has 1 aliphatic rings. The number of rotatable bonds is 4. The lowest BCUT2D eigenvalue weighted by molar-refractivity contribution is 0.219. The average molecular weight is 283 g/mol. The molecule has 1 aliphatic heterocycles. The van der Waals surface area contributed by atoms with Gasteiger partial charge in [-0.25, -0.2) is 0 Å². The molecule has 1 unspecified atom stereocenters. The molecule has 1 heterocycles. The predicted octanol–water partition coefficient (Wildman–Crippen LogP) is 2.14. The number of halogens is 1. The molecule has 0 saturated carbocycles. The van der Waals surface area contributed by atoms with Crippen molar-refractivity contribution in [1.29, 1.82) is 0 Å². The Balaban J connectivity index is 1.91. The lowest BCUT2D eigenvalue weighted by Crippen LogP contribution is -2.17. The predicted molar refractivity (Wildman–Crippen MR) is 68.7 cm³/mol. The molecule has 0 amide bonds. The van der Waals surface area contributed by atoms with Gasteiger partial charge in [0.15, 0.2) is 5.90 Å². The second-order valence-electron chi connectivity index (χ2n) is 3.81. The second kappa shape index (κ2) is 5.46. The van der Waals surface area contributed by atoms with Gasteiger partial charge in [-0.2, -0.15) is 0 Å². The lowest BCUT2D eigenvalue weighted by atomic mass is 10.1. The molecule has 2 rings (SSSR count). The Hall–Kier alpha value is -0.870. The molecule has 0 fully saturated rings. The molecule has 16 heavy (non-hydrogen) atoms. The average Bonchev–Trinajstić information content (AvgIpc) is 2.70. The van der Waals surface area contributed by atoms with Crippen LogP contribution in [0.3, 0.4) is 0 Å². The fraction of sp³-hybridized carbons (Fsp3) is 0.417. The number of nitrogens with zero attached hydrogens (tertiary/aromatic N) is 1. The van der Waals surface area contributed by atoms with Gasteiger partial charge in [0.1, 0.15) is 6.10 Å². The Morgan fingerprint density at radius 1 is 1.44 bits per heavy atom. The van der Waals surface area contributed by atoms with Crippen molar-refractivity contribution in [2.75, 3.05) is 13.1 Å². The van der Waals surface area contributed by atoms with Gasteiger partial charge in [-0.15, -0.1) is 0 Å². The van der Waals surface area contributed by atoms with Crippen LogP contribution in [0.15, 0.2) is 33.7 Å². The maximum absolute atomic E-state index is 5.71. The third-order valence-corrected chi connectivity index (χ3v) is 3.31. The van der Waals surface area contributed by atoms with E-state index in [4.69, 9.17) is 10.5 Å². The molecule has 0 saturated heterocycles. The van der Waals surface area contributed by atoms with E-state index in [1.807, 2.05) is 18.2 Å². The third-order valence-electron chi connectivity index (χ3n) is 2.54. The summed E-state index contributed by atoms with van der Waals surface area (Å²) in [5.41, 5.74) is 6.72. The van der Waals surface area contributed by atoms with Gasteiger partial charge in [0.25, 0.3) is 0 Å². The highest BCUT2D eigenvalue weighted by atomic mass is 79.9. The molecule has 0 aliphatic carbocycles. The van der Waals surface area contributed by atoms with Gasteiger partial charge in [0.05, 0.1) is 6.54 Å². The second-order valence-corrected chi connectivity index (χ2v) is 4.66. The SMILES string of the molecule is NCCC1=NCC(Cc2ccccc2Br)O1.